The molecule has 1 heterocycles. The van der Waals surface area contributed by atoms with Crippen LogP contribution in [0.4, 0.5) is 5.69 Å². The second-order valence-electron chi connectivity index (χ2n) is 7.55. The van der Waals surface area contributed by atoms with E-state index in [-0.39, 0.29) is 0 Å². The predicted molar refractivity (Wildman–Crippen MR) is 129 cm³/mol. The van der Waals surface area contributed by atoms with Gasteiger partial charge in [0.2, 0.25) is 0 Å². The minimum Gasteiger partial charge on any atom is -0.367 e. The molecule has 0 aliphatic carbocycles. The summed E-state index contributed by atoms with van der Waals surface area (Å²) in [5, 5.41) is 12.6. The molecule has 3 aromatic carbocycles. The summed E-state index contributed by atoms with van der Waals surface area (Å²) in [5.41, 5.74) is 5.28. The average Bonchev–Trinajstić information content (AvgIpc) is 2.78. The number of halogens is 1. The van der Waals surface area contributed by atoms with E-state index in [9.17, 15) is 0 Å². The van der Waals surface area contributed by atoms with Crippen LogP contribution in [0, 0.1) is 12.3 Å². The molecular formula is C27H24ClN3. The first-order valence-electron chi connectivity index (χ1n) is 10.2. The maximum absolute atomic E-state index is 8.39. The summed E-state index contributed by atoms with van der Waals surface area (Å²) in [6, 6.07) is 32.9. The van der Waals surface area contributed by atoms with Crippen LogP contribution in [0.3, 0.4) is 0 Å². The van der Waals surface area contributed by atoms with Crippen LogP contribution in [0.15, 0.2) is 97.1 Å². The highest BCUT2D eigenvalue weighted by Gasteiger charge is 2.37. The molecule has 0 atom stereocenters. The third-order valence-corrected chi connectivity index (χ3v) is 5.68. The summed E-state index contributed by atoms with van der Waals surface area (Å²) in [7, 11) is 0. The van der Waals surface area contributed by atoms with Gasteiger partial charge in [-0.25, -0.2) is 4.98 Å². The van der Waals surface area contributed by atoms with Crippen molar-refractivity contribution in [3.8, 4) is 0 Å². The van der Waals surface area contributed by atoms with E-state index in [0.717, 1.165) is 33.6 Å². The molecule has 31 heavy (non-hydrogen) atoms. The highest BCUT2D eigenvalue weighted by atomic mass is 35.5. The van der Waals surface area contributed by atoms with E-state index < -0.39 is 5.54 Å². The summed E-state index contributed by atoms with van der Waals surface area (Å²) in [6.45, 7) is 3.66. The summed E-state index contributed by atoms with van der Waals surface area (Å²) in [4.78, 5) is 4.39. The lowest BCUT2D eigenvalue weighted by Gasteiger charge is -2.38. The molecule has 154 valence electrons. The zero-order valence-electron chi connectivity index (χ0n) is 17.6. The first kappa shape index (κ1) is 20.8. The Bertz CT molecular complexity index is 1090. The Labute approximate surface area is 188 Å². The molecule has 4 rings (SSSR count). The van der Waals surface area contributed by atoms with Crippen LogP contribution in [0.1, 0.15) is 34.9 Å². The minimum atomic E-state index is -0.689. The van der Waals surface area contributed by atoms with Crippen LogP contribution >= 0.6 is 11.6 Å². The van der Waals surface area contributed by atoms with Crippen LogP contribution in [-0.2, 0) is 5.54 Å². The van der Waals surface area contributed by atoms with Gasteiger partial charge in [-0.1, -0.05) is 103 Å². The van der Waals surface area contributed by atoms with Gasteiger partial charge in [0, 0.05) is 17.0 Å². The highest BCUT2D eigenvalue weighted by molar-refractivity contribution is 6.30. The standard InChI is InChI=1S/C27H24ClN3/c1-19(29)26-20(2)30-25(28)18-24(26)31-27(21-12-6-3-7-13-21,22-14-8-4-9-15-22)23-16-10-5-11-17-23/h3-18,29H,1-2H3,(H,30,31). The maximum atomic E-state index is 8.39. The average molecular weight is 426 g/mol. The zero-order chi connectivity index (χ0) is 21.8. The molecule has 0 fully saturated rings. The summed E-state index contributed by atoms with van der Waals surface area (Å²) >= 11 is 6.37. The predicted octanol–water partition coefficient (Wildman–Crippen LogP) is 6.84. The fraction of sp³-hybridized carbons (Fsp3) is 0.111. The van der Waals surface area contributed by atoms with Crippen molar-refractivity contribution in [2.45, 2.75) is 19.4 Å². The van der Waals surface area contributed by atoms with Gasteiger partial charge >= 0.3 is 0 Å². The van der Waals surface area contributed by atoms with Crippen molar-refractivity contribution >= 4 is 23.0 Å². The first-order valence-corrected chi connectivity index (χ1v) is 10.6. The molecule has 0 aliphatic heterocycles. The molecule has 4 aromatic rings. The van der Waals surface area contributed by atoms with Crippen molar-refractivity contribution in [2.75, 3.05) is 5.32 Å². The Morgan fingerprint density at radius 2 is 1.23 bits per heavy atom. The van der Waals surface area contributed by atoms with Crippen LogP contribution in [0.2, 0.25) is 5.15 Å². The fourth-order valence-electron chi connectivity index (χ4n) is 4.19. The quantitative estimate of drug-likeness (QED) is 0.202. The lowest BCUT2D eigenvalue weighted by Crippen LogP contribution is -2.38. The number of nitrogens with one attached hydrogen (secondary N) is 2. The van der Waals surface area contributed by atoms with Crippen molar-refractivity contribution in [2.24, 2.45) is 0 Å². The molecule has 0 saturated heterocycles. The number of aryl methyl sites for hydroxylation is 1. The molecule has 0 saturated carbocycles. The van der Waals surface area contributed by atoms with Gasteiger partial charge in [-0.05, 0) is 36.6 Å². The van der Waals surface area contributed by atoms with Gasteiger partial charge in [-0.15, -0.1) is 0 Å². The van der Waals surface area contributed by atoms with E-state index in [4.69, 9.17) is 17.0 Å². The molecule has 4 heteroatoms. The molecular weight excluding hydrogens is 402 g/mol. The molecule has 0 unspecified atom stereocenters. The monoisotopic (exact) mass is 425 g/mol. The molecule has 0 bridgehead atoms. The number of hydrogen-bond donors (Lipinski definition) is 2. The van der Waals surface area contributed by atoms with Crippen LogP contribution in [0.5, 0.6) is 0 Å². The second kappa shape index (κ2) is 8.75. The Morgan fingerprint density at radius 3 is 1.61 bits per heavy atom. The van der Waals surface area contributed by atoms with Crippen molar-refractivity contribution in [1.82, 2.24) is 4.98 Å². The van der Waals surface area contributed by atoms with Gasteiger partial charge in [0.15, 0.2) is 0 Å². The smallest absolute Gasteiger partial charge is 0.131 e. The molecule has 2 N–H and O–H groups in total. The molecule has 0 aliphatic rings. The summed E-state index contributed by atoms with van der Waals surface area (Å²) < 4.78 is 0. The number of aromatic nitrogens is 1. The van der Waals surface area contributed by atoms with Crippen molar-refractivity contribution in [3.63, 3.8) is 0 Å². The van der Waals surface area contributed by atoms with Gasteiger partial charge in [0.1, 0.15) is 10.7 Å². The minimum absolute atomic E-state index is 0.396. The Morgan fingerprint density at radius 1 is 0.806 bits per heavy atom. The van der Waals surface area contributed by atoms with Crippen LogP contribution in [0.25, 0.3) is 0 Å². The highest BCUT2D eigenvalue weighted by Crippen LogP contribution is 2.41. The van der Waals surface area contributed by atoms with Gasteiger partial charge in [-0.2, -0.15) is 0 Å². The second-order valence-corrected chi connectivity index (χ2v) is 7.94. The Hall–Kier alpha value is -3.43. The molecule has 0 radical (unpaired) electrons. The summed E-state index contributed by atoms with van der Waals surface area (Å²) in [5.74, 6) is 0. The lowest BCUT2D eigenvalue weighted by molar-refractivity contribution is 0.711. The third-order valence-electron chi connectivity index (χ3n) is 5.49. The normalized spacial score (nSPS) is 11.2. The van der Waals surface area contributed by atoms with Gasteiger partial charge < -0.3 is 10.7 Å². The number of pyridine rings is 1. The maximum Gasteiger partial charge on any atom is 0.131 e. The van der Waals surface area contributed by atoms with E-state index in [1.807, 2.05) is 67.6 Å². The van der Waals surface area contributed by atoms with Crippen molar-refractivity contribution in [3.05, 3.63) is 130 Å². The van der Waals surface area contributed by atoms with E-state index in [2.05, 4.69) is 46.7 Å². The zero-order valence-corrected chi connectivity index (χ0v) is 18.3. The topological polar surface area (TPSA) is 48.8 Å². The van der Waals surface area contributed by atoms with Gasteiger partial charge in [0.25, 0.3) is 0 Å². The van der Waals surface area contributed by atoms with Crippen LogP contribution < -0.4 is 5.32 Å². The lowest BCUT2D eigenvalue weighted by atomic mass is 9.76. The van der Waals surface area contributed by atoms with Crippen LogP contribution in [-0.4, -0.2) is 10.7 Å². The van der Waals surface area contributed by atoms with E-state index >= 15 is 0 Å². The van der Waals surface area contributed by atoms with Crippen molar-refractivity contribution < 1.29 is 0 Å². The summed E-state index contributed by atoms with van der Waals surface area (Å²) in [6.07, 6.45) is 0. The number of anilines is 1. The largest absolute Gasteiger partial charge is 0.367 e. The van der Waals surface area contributed by atoms with E-state index in [1.54, 1.807) is 6.92 Å². The Balaban J connectivity index is 2.06. The van der Waals surface area contributed by atoms with Gasteiger partial charge in [0.05, 0.1) is 5.69 Å². The number of rotatable bonds is 6. The van der Waals surface area contributed by atoms with E-state index in [1.165, 1.54) is 0 Å². The SMILES string of the molecule is CC(=N)c1c(NC(c2ccccc2)(c2ccccc2)c2ccccc2)cc(Cl)nc1C. The Kier molecular flexibility index (Phi) is 5.88. The van der Waals surface area contributed by atoms with Gasteiger partial charge in [-0.3, -0.25) is 0 Å². The first-order chi connectivity index (χ1) is 15.0. The number of hydrogen-bond acceptors (Lipinski definition) is 3. The molecule has 3 nitrogen and oxygen atoms in total. The van der Waals surface area contributed by atoms with Crippen molar-refractivity contribution in [1.29, 1.82) is 5.41 Å². The fourth-order valence-corrected chi connectivity index (χ4v) is 4.43. The number of nitrogens with zero attached hydrogens (tertiary/aromatic N) is 1. The molecule has 1 aromatic heterocycles. The molecule has 0 amide bonds. The third kappa shape index (κ3) is 3.97. The van der Waals surface area contributed by atoms with E-state index in [0.29, 0.717) is 10.9 Å². The molecule has 0 spiro atoms. The number of benzene rings is 3.